The van der Waals surface area contributed by atoms with Crippen molar-refractivity contribution in [1.82, 2.24) is 9.80 Å². The Morgan fingerprint density at radius 3 is 1.42 bits per heavy atom. The summed E-state index contributed by atoms with van der Waals surface area (Å²) >= 11 is 0. The molecule has 0 atom stereocenters. The van der Waals surface area contributed by atoms with Gasteiger partial charge in [0.1, 0.15) is 0 Å². The highest BCUT2D eigenvalue weighted by molar-refractivity contribution is 5.36. The second-order valence-electron chi connectivity index (χ2n) is 5.85. The summed E-state index contributed by atoms with van der Waals surface area (Å²) in [4.78, 5) is 24.7. The molecule has 2 aliphatic rings. The zero-order valence-electron chi connectivity index (χ0n) is 14.1. The number of hydrogen-bond acceptors (Lipinski definition) is 6. The fourth-order valence-electron chi connectivity index (χ4n) is 2.70. The largest absolute Gasteiger partial charge is 0.350 e. The van der Waals surface area contributed by atoms with E-state index in [1.54, 1.807) is 0 Å². The highest BCUT2D eigenvalue weighted by Gasteiger charge is 2.09. The monoisotopic (exact) mass is 346 g/mol. The van der Waals surface area contributed by atoms with Gasteiger partial charge in [0.2, 0.25) is 0 Å². The normalized spacial score (nSPS) is 15.4. The van der Waals surface area contributed by atoms with Crippen molar-refractivity contribution in [2.24, 2.45) is 10.4 Å². The third-order valence-electron chi connectivity index (χ3n) is 4.06. The van der Waals surface area contributed by atoms with Crippen molar-refractivity contribution in [3.63, 3.8) is 0 Å². The predicted molar refractivity (Wildman–Crippen MR) is 102 cm³/mol. The second-order valence-corrected chi connectivity index (χ2v) is 5.85. The lowest BCUT2D eigenvalue weighted by Gasteiger charge is -2.23. The molecule has 3 rings (SSSR count). The van der Waals surface area contributed by atoms with Crippen LogP contribution >= 0.6 is 0 Å². The van der Waals surface area contributed by atoms with Gasteiger partial charge in [-0.15, -0.1) is 9.81 Å². The first-order valence-corrected chi connectivity index (χ1v) is 8.15. The lowest BCUT2D eigenvalue weighted by atomic mass is 10.1. The van der Waals surface area contributed by atoms with Gasteiger partial charge in [-0.1, -0.05) is 24.3 Å². The Kier molecular flexibility index (Phi) is 5.67. The third-order valence-corrected chi connectivity index (χ3v) is 4.06. The predicted octanol–water partition coefficient (Wildman–Crippen LogP) is 4.67. The van der Waals surface area contributed by atoms with Crippen LogP contribution < -0.4 is 0 Å². The van der Waals surface area contributed by atoms with Crippen LogP contribution in [-0.4, -0.2) is 9.80 Å². The smallest absolute Gasteiger partial charge is 0.0788 e. The van der Waals surface area contributed by atoms with Crippen LogP contribution in [0.1, 0.15) is 11.1 Å². The molecule has 0 saturated heterocycles. The molecule has 0 fully saturated rings. The van der Waals surface area contributed by atoms with E-state index in [-0.39, 0.29) is 0 Å². The van der Waals surface area contributed by atoms with E-state index in [4.69, 9.17) is 0 Å². The van der Waals surface area contributed by atoms with Gasteiger partial charge >= 0.3 is 0 Å². The Morgan fingerprint density at radius 1 is 0.692 bits per heavy atom. The summed E-state index contributed by atoms with van der Waals surface area (Å²) in [6.07, 6.45) is 17.7. The molecule has 26 heavy (non-hydrogen) atoms. The lowest BCUT2D eigenvalue weighted by Crippen LogP contribution is -2.16. The van der Waals surface area contributed by atoms with Gasteiger partial charge in [-0.25, -0.2) is 0 Å². The third kappa shape index (κ3) is 4.51. The zero-order chi connectivity index (χ0) is 18.2. The molecule has 0 bridgehead atoms. The Hall–Kier alpha value is -3.54. The molecular weight excluding hydrogens is 328 g/mol. The van der Waals surface area contributed by atoms with Gasteiger partial charge in [0, 0.05) is 37.9 Å². The Labute approximate surface area is 151 Å². The van der Waals surface area contributed by atoms with E-state index in [1.807, 2.05) is 61.2 Å². The second kappa shape index (κ2) is 8.53. The van der Waals surface area contributed by atoms with Crippen LogP contribution in [0.15, 0.2) is 107 Å². The maximum Gasteiger partial charge on any atom is 0.0788 e. The molecular formula is C20H18N4O2. The van der Waals surface area contributed by atoms with Crippen molar-refractivity contribution in [3.8, 4) is 0 Å². The first kappa shape index (κ1) is 17.3. The molecule has 1 aromatic carbocycles. The number of hydrogen-bond donors (Lipinski definition) is 0. The Bertz CT molecular complexity index is 759. The van der Waals surface area contributed by atoms with Crippen LogP contribution in [-0.2, 0) is 13.1 Å². The van der Waals surface area contributed by atoms with Crippen LogP contribution in [0.5, 0.6) is 0 Å². The minimum absolute atomic E-state index is 0.729. The maximum absolute atomic E-state index is 10.3. The topological polar surface area (TPSA) is 65.3 Å². The van der Waals surface area contributed by atoms with E-state index in [9.17, 15) is 9.81 Å². The standard InChI is InChI=1S/C20H18N4O2/c25-21-13-17-5-9-23(10-6-17)15-19-3-1-2-4-20(19)16-24-11-7-18(8-12-24)14-22-26/h1-14H,15-16H2. The summed E-state index contributed by atoms with van der Waals surface area (Å²) < 4.78 is 0. The molecule has 1 aromatic rings. The summed E-state index contributed by atoms with van der Waals surface area (Å²) in [6.45, 7) is 1.46. The van der Waals surface area contributed by atoms with E-state index < -0.39 is 0 Å². The van der Waals surface area contributed by atoms with Crippen molar-refractivity contribution in [1.29, 1.82) is 0 Å². The molecule has 0 saturated carbocycles. The fraction of sp³-hybridized carbons (Fsp3) is 0.100. The van der Waals surface area contributed by atoms with Crippen molar-refractivity contribution in [2.45, 2.75) is 13.1 Å². The average Bonchev–Trinajstić information content (AvgIpc) is 2.67. The highest BCUT2D eigenvalue weighted by Crippen LogP contribution is 2.19. The van der Waals surface area contributed by atoms with Gasteiger partial charge in [-0.3, -0.25) is 0 Å². The number of allylic oxidation sites excluding steroid dienone is 6. The zero-order valence-corrected chi connectivity index (χ0v) is 14.1. The Morgan fingerprint density at radius 2 is 1.08 bits per heavy atom. The number of nitroso groups, excluding NO2 is 2. The Balaban J connectivity index is 1.68. The SMILES string of the molecule is O=NC=C1C=CN(Cc2ccccc2CN2C=CC(=CN=O)C=C2)C=C1. The van der Waals surface area contributed by atoms with E-state index >= 15 is 0 Å². The minimum Gasteiger partial charge on any atom is -0.350 e. The molecule has 2 heterocycles. The summed E-state index contributed by atoms with van der Waals surface area (Å²) in [5.74, 6) is 0. The molecule has 0 aromatic heterocycles. The molecule has 0 aliphatic carbocycles. The molecule has 6 heteroatoms. The molecule has 6 nitrogen and oxygen atoms in total. The molecule has 0 N–H and O–H groups in total. The van der Waals surface area contributed by atoms with Crippen LogP contribution in [0.4, 0.5) is 0 Å². The van der Waals surface area contributed by atoms with Gasteiger partial charge in [0.25, 0.3) is 0 Å². The van der Waals surface area contributed by atoms with E-state index in [1.165, 1.54) is 23.5 Å². The summed E-state index contributed by atoms with van der Waals surface area (Å²) in [5, 5.41) is 5.57. The van der Waals surface area contributed by atoms with Crippen molar-refractivity contribution in [3.05, 3.63) is 118 Å². The first-order chi connectivity index (χ1) is 12.8. The summed E-state index contributed by atoms with van der Waals surface area (Å²) in [6, 6.07) is 8.26. The maximum atomic E-state index is 10.3. The number of rotatable bonds is 6. The van der Waals surface area contributed by atoms with Crippen molar-refractivity contribution in [2.75, 3.05) is 0 Å². The van der Waals surface area contributed by atoms with Gasteiger partial charge in [0.15, 0.2) is 0 Å². The molecule has 0 spiro atoms. The summed E-state index contributed by atoms with van der Waals surface area (Å²) in [5.41, 5.74) is 3.98. The lowest BCUT2D eigenvalue weighted by molar-refractivity contribution is 0.470. The van der Waals surface area contributed by atoms with Crippen LogP contribution in [0, 0.1) is 9.81 Å². The van der Waals surface area contributed by atoms with Crippen LogP contribution in [0.25, 0.3) is 0 Å². The summed E-state index contributed by atoms with van der Waals surface area (Å²) in [7, 11) is 0. The van der Waals surface area contributed by atoms with Crippen molar-refractivity contribution >= 4 is 0 Å². The average molecular weight is 346 g/mol. The molecule has 0 radical (unpaired) electrons. The van der Waals surface area contributed by atoms with E-state index in [0.29, 0.717) is 0 Å². The van der Waals surface area contributed by atoms with Gasteiger partial charge < -0.3 is 9.80 Å². The van der Waals surface area contributed by atoms with Gasteiger partial charge in [-0.2, -0.15) is 0 Å². The van der Waals surface area contributed by atoms with Gasteiger partial charge in [-0.05, 0) is 56.9 Å². The first-order valence-electron chi connectivity index (χ1n) is 8.15. The molecule has 130 valence electrons. The number of nitrogens with zero attached hydrogens (tertiary/aromatic N) is 4. The quantitative estimate of drug-likeness (QED) is 0.702. The molecule has 0 unspecified atom stereocenters. The van der Waals surface area contributed by atoms with E-state index in [0.717, 1.165) is 24.2 Å². The highest BCUT2D eigenvalue weighted by atomic mass is 16.3. The number of benzene rings is 1. The van der Waals surface area contributed by atoms with Crippen LogP contribution in [0.3, 0.4) is 0 Å². The molecule has 2 aliphatic heterocycles. The minimum atomic E-state index is 0.729. The van der Waals surface area contributed by atoms with Crippen LogP contribution in [0.2, 0.25) is 0 Å². The van der Waals surface area contributed by atoms with Gasteiger partial charge in [0.05, 0.1) is 12.4 Å². The van der Waals surface area contributed by atoms with Crippen molar-refractivity contribution < 1.29 is 0 Å². The fourth-order valence-corrected chi connectivity index (χ4v) is 2.70. The molecule has 0 amide bonds. The van der Waals surface area contributed by atoms with E-state index in [2.05, 4.69) is 32.3 Å².